The fraction of sp³-hybridized carbons (Fsp3) is 0.143. The average Bonchev–Trinajstić information content (AvgIpc) is 3.27. The fourth-order valence-electron chi connectivity index (χ4n) is 2.95. The molecule has 0 bridgehead atoms. The summed E-state index contributed by atoms with van der Waals surface area (Å²) in [5, 5.41) is 10.1. The predicted octanol–water partition coefficient (Wildman–Crippen LogP) is 3.70. The molecule has 0 saturated carbocycles. The van der Waals surface area contributed by atoms with E-state index < -0.39 is 0 Å². The molecule has 4 aromatic rings. The largest absolute Gasteiger partial charge is 0.493 e. The maximum absolute atomic E-state index is 5.40. The van der Waals surface area contributed by atoms with Crippen molar-refractivity contribution in [3.05, 3.63) is 54.7 Å². The molecule has 0 atom stereocenters. The lowest BCUT2D eigenvalue weighted by atomic mass is 10.1. The van der Waals surface area contributed by atoms with Crippen LogP contribution in [0.25, 0.3) is 22.6 Å². The van der Waals surface area contributed by atoms with Crippen LogP contribution < -0.4 is 19.5 Å². The van der Waals surface area contributed by atoms with Crippen LogP contribution in [0.3, 0.4) is 0 Å². The number of H-pyrrole nitrogens is 1. The molecule has 0 radical (unpaired) electrons. The Morgan fingerprint density at radius 1 is 0.800 bits per heavy atom. The van der Waals surface area contributed by atoms with Crippen molar-refractivity contribution in [3.63, 3.8) is 0 Å². The number of hydrogen-bond acceptors (Lipinski definition) is 8. The average molecular weight is 404 g/mol. The van der Waals surface area contributed by atoms with Crippen LogP contribution in [0, 0.1) is 0 Å². The van der Waals surface area contributed by atoms with Crippen molar-refractivity contribution in [1.82, 2.24) is 25.1 Å². The molecule has 0 unspecified atom stereocenters. The molecule has 2 aromatic heterocycles. The van der Waals surface area contributed by atoms with E-state index in [9.17, 15) is 0 Å². The van der Waals surface area contributed by atoms with Crippen LogP contribution in [0.2, 0.25) is 0 Å². The summed E-state index contributed by atoms with van der Waals surface area (Å²) >= 11 is 0. The highest BCUT2D eigenvalue weighted by molar-refractivity contribution is 5.67. The zero-order valence-electron chi connectivity index (χ0n) is 16.7. The summed E-state index contributed by atoms with van der Waals surface area (Å²) in [4.78, 5) is 13.2. The van der Waals surface area contributed by atoms with E-state index in [1.807, 2.05) is 36.4 Å². The maximum atomic E-state index is 5.40. The quantitative estimate of drug-likeness (QED) is 0.480. The van der Waals surface area contributed by atoms with E-state index >= 15 is 0 Å². The Morgan fingerprint density at radius 2 is 1.53 bits per heavy atom. The van der Waals surface area contributed by atoms with Gasteiger partial charge in [0.05, 0.1) is 27.0 Å². The normalized spacial score (nSPS) is 10.5. The Labute approximate surface area is 173 Å². The molecule has 2 N–H and O–H groups in total. The van der Waals surface area contributed by atoms with E-state index in [-0.39, 0.29) is 0 Å². The number of hydrogen-bond donors (Lipinski definition) is 2. The van der Waals surface area contributed by atoms with Crippen LogP contribution in [0.1, 0.15) is 0 Å². The summed E-state index contributed by atoms with van der Waals surface area (Å²) in [6.07, 6.45) is 1.68. The maximum Gasteiger partial charge on any atom is 0.249 e. The van der Waals surface area contributed by atoms with Gasteiger partial charge in [0.15, 0.2) is 17.3 Å². The molecule has 0 fully saturated rings. The van der Waals surface area contributed by atoms with Crippen molar-refractivity contribution < 1.29 is 14.2 Å². The first-order valence-electron chi connectivity index (χ1n) is 9.10. The first-order valence-corrected chi connectivity index (χ1v) is 9.10. The third-order valence-corrected chi connectivity index (χ3v) is 4.37. The number of anilines is 2. The zero-order valence-corrected chi connectivity index (χ0v) is 16.7. The van der Waals surface area contributed by atoms with E-state index in [1.165, 1.54) is 0 Å². The third-order valence-electron chi connectivity index (χ3n) is 4.37. The lowest BCUT2D eigenvalue weighted by Crippen LogP contribution is -1.99. The Balaban J connectivity index is 1.60. The molecule has 0 aliphatic heterocycles. The van der Waals surface area contributed by atoms with Gasteiger partial charge in [-0.05, 0) is 18.2 Å². The van der Waals surface area contributed by atoms with Gasteiger partial charge in [0.25, 0.3) is 0 Å². The lowest BCUT2D eigenvalue weighted by Gasteiger charge is -2.13. The Kier molecular flexibility index (Phi) is 5.42. The van der Waals surface area contributed by atoms with Gasteiger partial charge in [0, 0.05) is 17.3 Å². The minimum atomic E-state index is 0.337. The summed E-state index contributed by atoms with van der Waals surface area (Å²) < 4.78 is 16.1. The number of benzene rings is 2. The molecule has 4 rings (SSSR count). The van der Waals surface area contributed by atoms with Gasteiger partial charge in [0.1, 0.15) is 0 Å². The molecular weight excluding hydrogens is 384 g/mol. The second kappa shape index (κ2) is 8.48. The van der Waals surface area contributed by atoms with Crippen LogP contribution in [-0.4, -0.2) is 46.5 Å². The molecule has 9 heteroatoms. The number of ether oxygens (including phenoxy) is 3. The second-order valence-electron chi connectivity index (χ2n) is 6.18. The van der Waals surface area contributed by atoms with Crippen molar-refractivity contribution in [3.8, 4) is 39.9 Å². The third kappa shape index (κ3) is 3.86. The summed E-state index contributed by atoms with van der Waals surface area (Å²) in [6.45, 7) is 0. The van der Waals surface area contributed by atoms with Gasteiger partial charge in [-0.2, -0.15) is 4.98 Å². The van der Waals surface area contributed by atoms with Gasteiger partial charge >= 0.3 is 0 Å². The van der Waals surface area contributed by atoms with Crippen LogP contribution in [0.4, 0.5) is 11.9 Å². The standard InChI is InChI=1S/C21H20N6O3/c1-28-16-11-14(12-17(29-2)18(16)30-3)19-24-21(27-26-19)25-20-22-10-9-15(23-20)13-7-5-4-6-8-13/h4-12H,1-3H3,(H2,22,23,24,25,26,27). The molecule has 9 nitrogen and oxygen atoms in total. The summed E-state index contributed by atoms with van der Waals surface area (Å²) in [5.74, 6) is 2.81. The van der Waals surface area contributed by atoms with E-state index in [2.05, 4.69) is 30.5 Å². The lowest BCUT2D eigenvalue weighted by molar-refractivity contribution is 0.324. The SMILES string of the molecule is COc1cc(-c2nc(Nc3nccc(-c4ccccc4)n3)n[nH]2)cc(OC)c1OC. The van der Waals surface area contributed by atoms with Gasteiger partial charge in [-0.25, -0.2) is 9.97 Å². The molecule has 2 aromatic carbocycles. The molecule has 0 saturated heterocycles. The van der Waals surface area contributed by atoms with E-state index in [0.29, 0.717) is 35.0 Å². The van der Waals surface area contributed by atoms with Gasteiger partial charge in [-0.1, -0.05) is 30.3 Å². The van der Waals surface area contributed by atoms with Gasteiger partial charge < -0.3 is 14.2 Å². The summed E-state index contributed by atoms with van der Waals surface area (Å²) in [6, 6.07) is 15.3. The van der Waals surface area contributed by atoms with E-state index in [0.717, 1.165) is 16.8 Å². The minimum absolute atomic E-state index is 0.337. The predicted molar refractivity (Wildman–Crippen MR) is 112 cm³/mol. The molecule has 30 heavy (non-hydrogen) atoms. The summed E-state index contributed by atoms with van der Waals surface area (Å²) in [5.41, 5.74) is 2.52. The van der Waals surface area contributed by atoms with Crippen molar-refractivity contribution >= 4 is 11.9 Å². The molecule has 2 heterocycles. The van der Waals surface area contributed by atoms with Crippen molar-refractivity contribution in [2.24, 2.45) is 0 Å². The second-order valence-corrected chi connectivity index (χ2v) is 6.18. The van der Waals surface area contributed by atoms with Gasteiger partial charge in [-0.15, -0.1) is 5.10 Å². The molecular formula is C21H20N6O3. The van der Waals surface area contributed by atoms with Crippen LogP contribution in [0.5, 0.6) is 17.2 Å². The minimum Gasteiger partial charge on any atom is -0.493 e. The molecule has 0 spiro atoms. The zero-order chi connectivity index (χ0) is 20.9. The molecule has 0 amide bonds. The van der Waals surface area contributed by atoms with Gasteiger partial charge in [0.2, 0.25) is 17.6 Å². The van der Waals surface area contributed by atoms with Crippen molar-refractivity contribution in [2.45, 2.75) is 0 Å². The number of nitrogens with one attached hydrogen (secondary N) is 2. The number of aromatic nitrogens is 5. The molecule has 0 aliphatic rings. The first kappa shape index (κ1) is 19.2. The molecule has 0 aliphatic carbocycles. The highest BCUT2D eigenvalue weighted by Crippen LogP contribution is 2.40. The summed E-state index contributed by atoms with van der Waals surface area (Å²) in [7, 11) is 4.68. The Bertz CT molecular complexity index is 1120. The fourth-order valence-corrected chi connectivity index (χ4v) is 2.95. The van der Waals surface area contributed by atoms with Crippen LogP contribution in [0.15, 0.2) is 54.7 Å². The van der Waals surface area contributed by atoms with E-state index in [1.54, 1.807) is 39.7 Å². The number of nitrogens with zero attached hydrogens (tertiary/aromatic N) is 4. The smallest absolute Gasteiger partial charge is 0.249 e. The number of aromatic amines is 1. The highest BCUT2D eigenvalue weighted by atomic mass is 16.5. The Hall–Kier alpha value is -4.14. The Morgan fingerprint density at radius 3 is 2.20 bits per heavy atom. The highest BCUT2D eigenvalue weighted by Gasteiger charge is 2.16. The van der Waals surface area contributed by atoms with Gasteiger partial charge in [-0.3, -0.25) is 10.4 Å². The number of methoxy groups -OCH3 is 3. The van der Waals surface area contributed by atoms with Crippen LogP contribution in [-0.2, 0) is 0 Å². The topological polar surface area (TPSA) is 107 Å². The number of rotatable bonds is 7. The van der Waals surface area contributed by atoms with Crippen molar-refractivity contribution in [2.75, 3.05) is 26.6 Å². The van der Waals surface area contributed by atoms with E-state index in [4.69, 9.17) is 14.2 Å². The monoisotopic (exact) mass is 404 g/mol. The van der Waals surface area contributed by atoms with Crippen LogP contribution >= 0.6 is 0 Å². The van der Waals surface area contributed by atoms with Crippen molar-refractivity contribution in [1.29, 1.82) is 0 Å². The first-order chi connectivity index (χ1) is 14.7. The molecule has 152 valence electrons.